The predicted octanol–water partition coefficient (Wildman–Crippen LogP) is 2.63. The minimum Gasteiger partial charge on any atom is -0.352 e. The fraction of sp³-hybridized carbons (Fsp3) is 0.375. The number of ether oxygens (including phenoxy) is 2. The summed E-state index contributed by atoms with van der Waals surface area (Å²) in [6.07, 6.45) is 1.20. The van der Waals surface area contributed by atoms with E-state index in [1.165, 1.54) is 0 Å². The van der Waals surface area contributed by atoms with Gasteiger partial charge in [0.25, 0.3) is 0 Å². The first-order valence-corrected chi connectivity index (χ1v) is 5.02. The molecule has 0 aliphatic rings. The van der Waals surface area contributed by atoms with Gasteiger partial charge in [-0.15, -0.1) is 0 Å². The number of pyridine rings is 1. The van der Waals surface area contributed by atoms with E-state index in [-0.39, 0.29) is 0 Å². The number of hydrogen-bond acceptors (Lipinski definition) is 3. The lowest BCUT2D eigenvalue weighted by Gasteiger charge is -2.15. The Labute approximate surface area is 95.5 Å². The molecule has 0 radical (unpaired) electrons. The van der Waals surface area contributed by atoms with Crippen molar-refractivity contribution >= 4 is 34.2 Å². The summed E-state index contributed by atoms with van der Waals surface area (Å²) < 4.78 is 11.2. The molecular weight excluding hydrogens is 304 g/mol. The molecule has 13 heavy (non-hydrogen) atoms. The number of halogens is 2. The van der Waals surface area contributed by atoms with E-state index in [9.17, 15) is 0 Å². The van der Waals surface area contributed by atoms with E-state index in [1.54, 1.807) is 20.4 Å². The molecule has 0 aliphatic carbocycles. The van der Waals surface area contributed by atoms with E-state index in [4.69, 9.17) is 21.1 Å². The highest BCUT2D eigenvalue weighted by Crippen LogP contribution is 2.28. The van der Waals surface area contributed by atoms with Crippen LogP contribution in [0.1, 0.15) is 11.9 Å². The van der Waals surface area contributed by atoms with Gasteiger partial charge in [-0.1, -0.05) is 11.6 Å². The maximum atomic E-state index is 5.91. The molecule has 1 aromatic heterocycles. The summed E-state index contributed by atoms with van der Waals surface area (Å²) in [5, 5.41) is 0.417. The summed E-state index contributed by atoms with van der Waals surface area (Å²) in [6, 6.07) is 1.85. The van der Waals surface area contributed by atoms with E-state index in [0.29, 0.717) is 5.15 Å². The average molecular weight is 314 g/mol. The SMILES string of the molecule is COC(OC)c1c(I)ccnc1Cl. The molecule has 3 nitrogen and oxygen atoms in total. The molecular formula is C8H9ClINO2. The van der Waals surface area contributed by atoms with Crippen LogP contribution < -0.4 is 0 Å². The third-order valence-corrected chi connectivity index (χ3v) is 2.79. The van der Waals surface area contributed by atoms with E-state index in [0.717, 1.165) is 9.13 Å². The van der Waals surface area contributed by atoms with E-state index >= 15 is 0 Å². The molecule has 0 aliphatic heterocycles. The van der Waals surface area contributed by atoms with Crippen molar-refractivity contribution in [1.29, 1.82) is 0 Å². The second-order valence-corrected chi connectivity index (χ2v) is 3.82. The highest BCUT2D eigenvalue weighted by atomic mass is 127. The fourth-order valence-electron chi connectivity index (χ4n) is 0.968. The Balaban J connectivity index is 3.10. The molecule has 0 fully saturated rings. The van der Waals surface area contributed by atoms with Crippen molar-refractivity contribution in [3.8, 4) is 0 Å². The van der Waals surface area contributed by atoms with Gasteiger partial charge < -0.3 is 9.47 Å². The zero-order chi connectivity index (χ0) is 9.84. The van der Waals surface area contributed by atoms with Crippen molar-refractivity contribution in [3.05, 3.63) is 26.5 Å². The van der Waals surface area contributed by atoms with Gasteiger partial charge in [-0.2, -0.15) is 0 Å². The quantitative estimate of drug-likeness (QED) is 0.488. The molecule has 0 N–H and O–H groups in total. The van der Waals surface area contributed by atoms with E-state index in [2.05, 4.69) is 27.6 Å². The lowest BCUT2D eigenvalue weighted by atomic mass is 10.3. The molecule has 0 spiro atoms. The van der Waals surface area contributed by atoms with Gasteiger partial charge in [0.1, 0.15) is 5.15 Å². The Kier molecular flexibility index (Phi) is 4.37. The molecule has 0 saturated carbocycles. The maximum absolute atomic E-state index is 5.91. The smallest absolute Gasteiger partial charge is 0.187 e. The molecule has 0 saturated heterocycles. The highest BCUT2D eigenvalue weighted by molar-refractivity contribution is 14.1. The molecule has 0 amide bonds. The summed E-state index contributed by atoms with van der Waals surface area (Å²) in [5.41, 5.74) is 0.773. The van der Waals surface area contributed by atoms with Gasteiger partial charge in [0, 0.05) is 24.0 Å². The summed E-state index contributed by atoms with van der Waals surface area (Å²) in [7, 11) is 3.13. The van der Waals surface area contributed by atoms with Crippen LogP contribution in [-0.4, -0.2) is 19.2 Å². The second-order valence-electron chi connectivity index (χ2n) is 2.30. The first-order valence-electron chi connectivity index (χ1n) is 3.56. The lowest BCUT2D eigenvalue weighted by molar-refractivity contribution is -0.106. The molecule has 0 unspecified atom stereocenters. The largest absolute Gasteiger partial charge is 0.352 e. The highest BCUT2D eigenvalue weighted by Gasteiger charge is 2.17. The first kappa shape index (κ1) is 11.2. The molecule has 0 bridgehead atoms. The average Bonchev–Trinajstić information content (AvgIpc) is 2.11. The van der Waals surface area contributed by atoms with Gasteiger partial charge in [-0.25, -0.2) is 4.98 Å². The molecule has 0 atom stereocenters. The molecule has 72 valence electrons. The van der Waals surface area contributed by atoms with Crippen LogP contribution in [0, 0.1) is 3.57 Å². The van der Waals surface area contributed by atoms with Crippen LogP contribution in [0.4, 0.5) is 0 Å². The van der Waals surface area contributed by atoms with E-state index < -0.39 is 6.29 Å². The number of rotatable bonds is 3. The Hall–Kier alpha value is 0.0900. The molecule has 1 aromatic rings. The van der Waals surface area contributed by atoms with Crippen molar-refractivity contribution in [1.82, 2.24) is 4.98 Å². The zero-order valence-electron chi connectivity index (χ0n) is 7.25. The number of aromatic nitrogens is 1. The molecule has 1 rings (SSSR count). The van der Waals surface area contributed by atoms with Gasteiger partial charge in [0.2, 0.25) is 0 Å². The zero-order valence-corrected chi connectivity index (χ0v) is 10.2. The minimum absolute atomic E-state index is 0.417. The summed E-state index contributed by atoms with van der Waals surface area (Å²) in [4.78, 5) is 3.96. The number of methoxy groups -OCH3 is 2. The molecule has 1 heterocycles. The van der Waals surface area contributed by atoms with Gasteiger partial charge in [-0.3, -0.25) is 0 Å². The van der Waals surface area contributed by atoms with Crippen molar-refractivity contribution in [2.75, 3.05) is 14.2 Å². The normalized spacial score (nSPS) is 10.8. The minimum atomic E-state index is -0.451. The maximum Gasteiger partial charge on any atom is 0.187 e. The van der Waals surface area contributed by atoms with Crippen LogP contribution in [0.3, 0.4) is 0 Å². The second kappa shape index (κ2) is 5.09. The monoisotopic (exact) mass is 313 g/mol. The van der Waals surface area contributed by atoms with Gasteiger partial charge in [-0.05, 0) is 28.7 Å². The fourth-order valence-corrected chi connectivity index (χ4v) is 2.04. The predicted molar refractivity (Wildman–Crippen MR) is 58.7 cm³/mol. The summed E-state index contributed by atoms with van der Waals surface area (Å²) >= 11 is 8.07. The van der Waals surface area contributed by atoms with Crippen LogP contribution in [-0.2, 0) is 9.47 Å². The summed E-state index contributed by atoms with van der Waals surface area (Å²) in [6.45, 7) is 0. The van der Waals surface area contributed by atoms with E-state index in [1.807, 2.05) is 6.07 Å². The molecule has 0 aromatic carbocycles. The van der Waals surface area contributed by atoms with Gasteiger partial charge >= 0.3 is 0 Å². The Morgan fingerprint density at radius 2 is 2.08 bits per heavy atom. The van der Waals surface area contributed by atoms with Gasteiger partial charge in [0.05, 0.1) is 5.56 Å². The van der Waals surface area contributed by atoms with Crippen LogP contribution >= 0.6 is 34.2 Å². The van der Waals surface area contributed by atoms with Crippen molar-refractivity contribution in [2.24, 2.45) is 0 Å². The van der Waals surface area contributed by atoms with Crippen molar-refractivity contribution in [3.63, 3.8) is 0 Å². The number of hydrogen-bond donors (Lipinski definition) is 0. The standard InChI is InChI=1S/C8H9ClINO2/c1-12-8(13-2)6-5(10)3-4-11-7(6)9/h3-4,8H,1-2H3. The van der Waals surface area contributed by atoms with Gasteiger partial charge in [0.15, 0.2) is 6.29 Å². The van der Waals surface area contributed by atoms with Crippen LogP contribution in [0.2, 0.25) is 5.15 Å². The topological polar surface area (TPSA) is 31.4 Å². The Morgan fingerprint density at radius 3 is 2.54 bits per heavy atom. The molecule has 5 heteroatoms. The van der Waals surface area contributed by atoms with Crippen LogP contribution in [0.5, 0.6) is 0 Å². The third kappa shape index (κ3) is 2.52. The number of nitrogens with zero attached hydrogens (tertiary/aromatic N) is 1. The third-order valence-electron chi connectivity index (χ3n) is 1.55. The van der Waals surface area contributed by atoms with Crippen molar-refractivity contribution < 1.29 is 9.47 Å². The van der Waals surface area contributed by atoms with Crippen LogP contribution in [0.15, 0.2) is 12.3 Å². The summed E-state index contributed by atoms with van der Waals surface area (Å²) in [5.74, 6) is 0. The van der Waals surface area contributed by atoms with Crippen LogP contribution in [0.25, 0.3) is 0 Å². The first-order chi connectivity index (χ1) is 6.20. The Bertz CT molecular complexity index is 271. The van der Waals surface area contributed by atoms with Crippen molar-refractivity contribution in [2.45, 2.75) is 6.29 Å². The Morgan fingerprint density at radius 1 is 1.46 bits per heavy atom. The lowest BCUT2D eigenvalue weighted by Crippen LogP contribution is -2.07.